The first-order chi connectivity index (χ1) is 9.10. The summed E-state index contributed by atoms with van der Waals surface area (Å²) in [7, 11) is 1.36. The molecule has 1 fully saturated rings. The van der Waals surface area contributed by atoms with Gasteiger partial charge in [0.15, 0.2) is 0 Å². The van der Waals surface area contributed by atoms with Crippen LogP contribution in [0.15, 0.2) is 24.3 Å². The predicted octanol–water partition coefficient (Wildman–Crippen LogP) is 1.30. The normalized spacial score (nSPS) is 18.2. The van der Waals surface area contributed by atoms with Crippen LogP contribution in [0.5, 0.6) is 0 Å². The van der Waals surface area contributed by atoms with Gasteiger partial charge in [0.25, 0.3) is 0 Å². The second-order valence-corrected chi connectivity index (χ2v) is 4.51. The number of likely N-dealkylation sites (tertiary alicyclic amines) is 1. The summed E-state index contributed by atoms with van der Waals surface area (Å²) in [5, 5.41) is 2.76. The van der Waals surface area contributed by atoms with Crippen LogP contribution in [0.25, 0.3) is 0 Å². The average Bonchev–Trinajstić information content (AvgIpc) is 2.87. The first kappa shape index (κ1) is 13.2. The number of nitrogens with one attached hydrogen (secondary N) is 1. The maximum absolute atomic E-state index is 12.0. The Morgan fingerprint density at radius 3 is 2.95 bits per heavy atom. The predicted molar refractivity (Wildman–Crippen MR) is 71.6 cm³/mol. The molecule has 0 radical (unpaired) electrons. The number of hydrogen-bond donors (Lipinski definition) is 2. The van der Waals surface area contributed by atoms with Crippen molar-refractivity contribution in [2.45, 2.75) is 6.42 Å². The third-order valence-corrected chi connectivity index (χ3v) is 3.15. The van der Waals surface area contributed by atoms with Crippen LogP contribution in [0.1, 0.15) is 6.42 Å². The van der Waals surface area contributed by atoms with E-state index < -0.39 is 0 Å². The van der Waals surface area contributed by atoms with E-state index in [4.69, 9.17) is 5.73 Å². The zero-order valence-corrected chi connectivity index (χ0v) is 10.8. The van der Waals surface area contributed by atoms with Crippen LogP contribution in [0.2, 0.25) is 0 Å². The molecule has 1 unspecified atom stereocenters. The summed E-state index contributed by atoms with van der Waals surface area (Å²) < 4.78 is 4.68. The maximum Gasteiger partial charge on any atom is 0.321 e. The Hall–Kier alpha value is -2.24. The molecule has 1 aromatic rings. The minimum atomic E-state index is -0.265. The molecular weight excluding hydrogens is 246 g/mol. The standard InChI is InChI=1S/C13H17N3O3/c1-19-12(17)9-5-6-16(8-9)13(18)15-11-4-2-3-10(14)7-11/h2-4,7,9H,5-6,8,14H2,1H3,(H,15,18). The highest BCUT2D eigenvalue weighted by atomic mass is 16.5. The van der Waals surface area contributed by atoms with Crippen LogP contribution in [0.4, 0.5) is 16.2 Å². The van der Waals surface area contributed by atoms with Gasteiger partial charge in [0.05, 0.1) is 13.0 Å². The fourth-order valence-corrected chi connectivity index (χ4v) is 2.12. The number of nitrogens with two attached hydrogens (primary N) is 1. The van der Waals surface area contributed by atoms with E-state index >= 15 is 0 Å². The van der Waals surface area contributed by atoms with Crippen molar-refractivity contribution in [3.63, 3.8) is 0 Å². The minimum Gasteiger partial charge on any atom is -0.469 e. The van der Waals surface area contributed by atoms with E-state index in [0.717, 1.165) is 0 Å². The van der Waals surface area contributed by atoms with Gasteiger partial charge in [-0.25, -0.2) is 4.79 Å². The van der Waals surface area contributed by atoms with Crippen LogP contribution < -0.4 is 11.1 Å². The summed E-state index contributed by atoms with van der Waals surface area (Å²) in [5.41, 5.74) is 6.88. The molecule has 102 valence electrons. The Bertz CT molecular complexity index is 490. The van der Waals surface area contributed by atoms with Gasteiger partial charge >= 0.3 is 12.0 Å². The lowest BCUT2D eigenvalue weighted by Crippen LogP contribution is -2.34. The summed E-state index contributed by atoms with van der Waals surface area (Å²) >= 11 is 0. The molecule has 1 heterocycles. The highest BCUT2D eigenvalue weighted by Gasteiger charge is 2.31. The van der Waals surface area contributed by atoms with E-state index in [1.165, 1.54) is 7.11 Å². The molecule has 0 aliphatic carbocycles. The summed E-state index contributed by atoms with van der Waals surface area (Å²) in [6.45, 7) is 0.939. The van der Waals surface area contributed by atoms with Crippen molar-refractivity contribution in [2.24, 2.45) is 5.92 Å². The second kappa shape index (κ2) is 5.60. The molecule has 2 amide bonds. The molecule has 0 aromatic heterocycles. The monoisotopic (exact) mass is 263 g/mol. The number of benzene rings is 1. The van der Waals surface area contributed by atoms with Crippen molar-refractivity contribution in [1.82, 2.24) is 4.90 Å². The summed E-state index contributed by atoms with van der Waals surface area (Å²) in [6, 6.07) is 6.75. The third kappa shape index (κ3) is 3.15. The molecule has 1 saturated heterocycles. The minimum absolute atomic E-state index is 0.225. The van der Waals surface area contributed by atoms with Crippen LogP contribution >= 0.6 is 0 Å². The molecule has 1 aliphatic heterocycles. The van der Waals surface area contributed by atoms with Crippen LogP contribution in [-0.2, 0) is 9.53 Å². The van der Waals surface area contributed by atoms with Crippen LogP contribution in [-0.4, -0.2) is 37.1 Å². The van der Waals surface area contributed by atoms with Crippen molar-refractivity contribution in [2.75, 3.05) is 31.2 Å². The molecule has 1 atom stereocenters. The Balaban J connectivity index is 1.93. The number of carbonyl (C=O) groups excluding carboxylic acids is 2. The Labute approximate surface area is 111 Å². The summed E-state index contributed by atoms with van der Waals surface area (Å²) in [6.07, 6.45) is 0.636. The van der Waals surface area contributed by atoms with E-state index in [1.807, 2.05) is 0 Å². The molecule has 3 N–H and O–H groups in total. The molecule has 6 heteroatoms. The SMILES string of the molecule is COC(=O)C1CCN(C(=O)Nc2cccc(N)c2)C1. The fourth-order valence-electron chi connectivity index (χ4n) is 2.12. The molecule has 1 aliphatic rings. The number of methoxy groups -OCH3 is 1. The number of ether oxygens (including phenoxy) is 1. The number of anilines is 2. The first-order valence-corrected chi connectivity index (χ1v) is 6.09. The van der Waals surface area contributed by atoms with Crippen molar-refractivity contribution < 1.29 is 14.3 Å². The summed E-state index contributed by atoms with van der Waals surface area (Å²) in [4.78, 5) is 25.0. The van der Waals surface area contributed by atoms with Gasteiger partial charge < -0.3 is 20.7 Å². The van der Waals surface area contributed by atoms with Crippen molar-refractivity contribution >= 4 is 23.4 Å². The van der Waals surface area contributed by atoms with Gasteiger partial charge in [0.2, 0.25) is 0 Å². The lowest BCUT2D eigenvalue weighted by Gasteiger charge is -2.17. The molecule has 19 heavy (non-hydrogen) atoms. The quantitative estimate of drug-likeness (QED) is 0.622. The third-order valence-electron chi connectivity index (χ3n) is 3.15. The number of hydrogen-bond acceptors (Lipinski definition) is 4. The number of nitrogen functional groups attached to an aromatic ring is 1. The molecule has 0 spiro atoms. The number of esters is 1. The summed E-state index contributed by atoms with van der Waals surface area (Å²) in [5.74, 6) is -0.490. The highest BCUT2D eigenvalue weighted by Crippen LogP contribution is 2.19. The van der Waals surface area contributed by atoms with Crippen molar-refractivity contribution in [1.29, 1.82) is 0 Å². The second-order valence-electron chi connectivity index (χ2n) is 4.51. The van der Waals surface area contributed by atoms with Gasteiger partial charge in [-0.1, -0.05) is 6.07 Å². The fraction of sp³-hybridized carbons (Fsp3) is 0.385. The molecule has 0 saturated carbocycles. The van der Waals surface area contributed by atoms with E-state index in [-0.39, 0.29) is 17.9 Å². The van der Waals surface area contributed by atoms with Gasteiger partial charge in [0, 0.05) is 24.5 Å². The van der Waals surface area contributed by atoms with Crippen LogP contribution in [0, 0.1) is 5.92 Å². The van der Waals surface area contributed by atoms with E-state index in [1.54, 1.807) is 29.2 Å². The molecule has 2 rings (SSSR count). The van der Waals surface area contributed by atoms with E-state index in [0.29, 0.717) is 30.9 Å². The lowest BCUT2D eigenvalue weighted by atomic mass is 10.1. The van der Waals surface area contributed by atoms with Gasteiger partial charge in [-0.2, -0.15) is 0 Å². The molecule has 6 nitrogen and oxygen atoms in total. The van der Waals surface area contributed by atoms with Crippen molar-refractivity contribution in [3.05, 3.63) is 24.3 Å². The highest BCUT2D eigenvalue weighted by molar-refractivity contribution is 5.90. The number of carbonyl (C=O) groups is 2. The lowest BCUT2D eigenvalue weighted by molar-refractivity contribution is -0.144. The zero-order valence-electron chi connectivity index (χ0n) is 10.8. The number of nitrogens with zero attached hydrogens (tertiary/aromatic N) is 1. The zero-order chi connectivity index (χ0) is 13.8. The topological polar surface area (TPSA) is 84.7 Å². The smallest absolute Gasteiger partial charge is 0.321 e. The largest absolute Gasteiger partial charge is 0.469 e. The Kier molecular flexibility index (Phi) is 3.89. The number of amides is 2. The average molecular weight is 263 g/mol. The van der Waals surface area contributed by atoms with Crippen LogP contribution in [0.3, 0.4) is 0 Å². The van der Waals surface area contributed by atoms with Crippen molar-refractivity contribution in [3.8, 4) is 0 Å². The maximum atomic E-state index is 12.0. The molecule has 1 aromatic carbocycles. The molecule has 0 bridgehead atoms. The Morgan fingerprint density at radius 2 is 2.26 bits per heavy atom. The Morgan fingerprint density at radius 1 is 1.47 bits per heavy atom. The van der Waals surface area contributed by atoms with Gasteiger partial charge in [-0.15, -0.1) is 0 Å². The van der Waals surface area contributed by atoms with Gasteiger partial charge in [0.1, 0.15) is 0 Å². The van der Waals surface area contributed by atoms with Gasteiger partial charge in [-0.05, 0) is 24.6 Å². The van der Waals surface area contributed by atoms with Gasteiger partial charge in [-0.3, -0.25) is 4.79 Å². The molecular formula is C13H17N3O3. The first-order valence-electron chi connectivity index (χ1n) is 6.09. The number of urea groups is 1. The van der Waals surface area contributed by atoms with E-state index in [9.17, 15) is 9.59 Å². The van der Waals surface area contributed by atoms with E-state index in [2.05, 4.69) is 10.1 Å². The number of rotatable bonds is 2.